The molecule has 22 heavy (non-hydrogen) atoms. The van der Waals surface area contributed by atoms with Crippen LogP contribution in [-0.2, 0) is 0 Å². The van der Waals surface area contributed by atoms with Crippen LogP contribution in [0.15, 0.2) is 41.2 Å². The van der Waals surface area contributed by atoms with E-state index in [1.807, 2.05) is 0 Å². The van der Waals surface area contributed by atoms with E-state index in [-0.39, 0.29) is 18.1 Å². The van der Waals surface area contributed by atoms with Crippen LogP contribution in [0.25, 0.3) is 22.0 Å². The number of nitrogens with one attached hydrogen (secondary N) is 1. The average molecular weight is 316 g/mol. The molecule has 1 aliphatic heterocycles. The summed E-state index contributed by atoms with van der Waals surface area (Å²) in [6.45, 7) is 0.150. The predicted molar refractivity (Wildman–Crippen MR) is 82.8 cm³/mol. The molecule has 0 saturated heterocycles. The van der Waals surface area contributed by atoms with E-state index in [0.29, 0.717) is 33.0 Å². The number of aromatic hydroxyl groups is 1. The number of aromatic amines is 1. The van der Waals surface area contributed by atoms with Gasteiger partial charge in [-0.3, -0.25) is 4.79 Å². The van der Waals surface area contributed by atoms with Gasteiger partial charge in [-0.2, -0.15) is 0 Å². The molecule has 0 bridgehead atoms. The molecule has 0 spiro atoms. The smallest absolute Gasteiger partial charge is 0.260 e. The Morgan fingerprint density at radius 1 is 1.09 bits per heavy atom. The Labute approximate surface area is 129 Å². The number of benzene rings is 2. The second kappa shape index (κ2) is 4.68. The number of pyridine rings is 1. The Morgan fingerprint density at radius 2 is 1.91 bits per heavy atom. The van der Waals surface area contributed by atoms with Gasteiger partial charge >= 0.3 is 0 Å². The zero-order chi connectivity index (χ0) is 15.3. The fourth-order valence-electron chi connectivity index (χ4n) is 2.57. The molecule has 6 heteroatoms. The van der Waals surface area contributed by atoms with Crippen molar-refractivity contribution in [2.45, 2.75) is 0 Å². The summed E-state index contributed by atoms with van der Waals surface area (Å²) in [5.41, 5.74) is 0.832. The fourth-order valence-corrected chi connectivity index (χ4v) is 2.75. The first kappa shape index (κ1) is 13.0. The summed E-state index contributed by atoms with van der Waals surface area (Å²) in [5, 5.41) is 11.5. The lowest BCUT2D eigenvalue weighted by molar-refractivity contribution is 0.174. The van der Waals surface area contributed by atoms with E-state index in [2.05, 4.69) is 4.98 Å². The highest BCUT2D eigenvalue weighted by atomic mass is 35.5. The standard InChI is InChI=1S/C16H10ClNO4/c17-9-2-3-10-11(6-9)18-16(20)14(15(10)19)8-1-4-12-13(5-8)22-7-21-12/h1-6H,7H2,(H2,18,19,20). The van der Waals surface area contributed by atoms with Crippen molar-refractivity contribution in [2.24, 2.45) is 0 Å². The summed E-state index contributed by atoms with van der Waals surface area (Å²) in [6, 6.07) is 10.0. The molecule has 2 aromatic carbocycles. The topological polar surface area (TPSA) is 71.6 Å². The van der Waals surface area contributed by atoms with Gasteiger partial charge in [-0.05, 0) is 35.9 Å². The number of ether oxygens (including phenoxy) is 2. The molecule has 4 rings (SSSR count). The molecular formula is C16H10ClNO4. The SMILES string of the molecule is O=c1[nH]c2cc(Cl)ccc2c(O)c1-c1ccc2c(c1)OCO2. The second-order valence-corrected chi connectivity index (χ2v) is 5.37. The molecule has 0 saturated carbocycles. The monoisotopic (exact) mass is 315 g/mol. The maximum Gasteiger partial charge on any atom is 0.260 e. The van der Waals surface area contributed by atoms with E-state index in [4.69, 9.17) is 21.1 Å². The second-order valence-electron chi connectivity index (χ2n) is 4.94. The van der Waals surface area contributed by atoms with Gasteiger partial charge in [0.25, 0.3) is 5.56 Å². The third-order valence-corrected chi connectivity index (χ3v) is 3.85. The highest BCUT2D eigenvalue weighted by Crippen LogP contribution is 2.39. The van der Waals surface area contributed by atoms with Crippen LogP contribution >= 0.6 is 11.6 Å². The van der Waals surface area contributed by atoms with Crippen LogP contribution in [0.1, 0.15) is 0 Å². The van der Waals surface area contributed by atoms with Gasteiger partial charge in [0, 0.05) is 10.4 Å². The van der Waals surface area contributed by atoms with Gasteiger partial charge in [0.15, 0.2) is 11.5 Å². The molecule has 5 nitrogen and oxygen atoms in total. The summed E-state index contributed by atoms with van der Waals surface area (Å²) in [7, 11) is 0. The van der Waals surface area contributed by atoms with Crippen LogP contribution in [0.5, 0.6) is 17.2 Å². The van der Waals surface area contributed by atoms with Crippen molar-refractivity contribution < 1.29 is 14.6 Å². The summed E-state index contributed by atoms with van der Waals surface area (Å²) < 4.78 is 10.6. The van der Waals surface area contributed by atoms with E-state index in [9.17, 15) is 9.90 Å². The van der Waals surface area contributed by atoms with Crippen molar-refractivity contribution >= 4 is 22.5 Å². The van der Waals surface area contributed by atoms with Gasteiger partial charge in [-0.15, -0.1) is 0 Å². The molecule has 2 heterocycles. The van der Waals surface area contributed by atoms with Gasteiger partial charge in [-0.25, -0.2) is 0 Å². The Kier molecular flexibility index (Phi) is 2.77. The zero-order valence-electron chi connectivity index (χ0n) is 11.2. The molecular weight excluding hydrogens is 306 g/mol. The van der Waals surface area contributed by atoms with Gasteiger partial charge < -0.3 is 19.6 Å². The quantitative estimate of drug-likeness (QED) is 0.723. The highest BCUT2D eigenvalue weighted by Gasteiger charge is 2.18. The summed E-state index contributed by atoms with van der Waals surface area (Å²) in [4.78, 5) is 15.1. The lowest BCUT2D eigenvalue weighted by atomic mass is 10.0. The van der Waals surface area contributed by atoms with Gasteiger partial charge in [0.2, 0.25) is 6.79 Å². The minimum absolute atomic E-state index is 0.0886. The van der Waals surface area contributed by atoms with Crippen LogP contribution in [0.3, 0.4) is 0 Å². The number of hydrogen-bond acceptors (Lipinski definition) is 4. The molecule has 110 valence electrons. The molecule has 2 N–H and O–H groups in total. The summed E-state index contributed by atoms with van der Waals surface area (Å²) in [6.07, 6.45) is 0. The van der Waals surface area contributed by atoms with Crippen molar-refractivity contribution in [1.29, 1.82) is 0 Å². The Balaban J connectivity index is 1.99. The van der Waals surface area contributed by atoms with Crippen molar-refractivity contribution in [1.82, 2.24) is 4.98 Å². The largest absolute Gasteiger partial charge is 0.506 e. The maximum atomic E-state index is 12.3. The van der Waals surface area contributed by atoms with Crippen LogP contribution in [-0.4, -0.2) is 16.9 Å². The van der Waals surface area contributed by atoms with Crippen LogP contribution in [0.4, 0.5) is 0 Å². The minimum Gasteiger partial charge on any atom is -0.506 e. The predicted octanol–water partition coefficient (Wildman–Crippen LogP) is 3.28. The number of rotatable bonds is 1. The number of hydrogen-bond donors (Lipinski definition) is 2. The van der Waals surface area contributed by atoms with E-state index < -0.39 is 5.56 Å². The normalized spacial score (nSPS) is 12.8. The fraction of sp³-hybridized carbons (Fsp3) is 0.0625. The first-order chi connectivity index (χ1) is 10.6. The van der Waals surface area contributed by atoms with Crippen molar-refractivity contribution in [3.63, 3.8) is 0 Å². The average Bonchev–Trinajstić information content (AvgIpc) is 2.94. The number of H-pyrrole nitrogens is 1. The minimum atomic E-state index is -0.397. The van der Waals surface area contributed by atoms with E-state index in [1.54, 1.807) is 36.4 Å². The van der Waals surface area contributed by atoms with Gasteiger partial charge in [-0.1, -0.05) is 17.7 Å². The number of halogens is 1. The Bertz CT molecular complexity index is 964. The molecule has 0 aliphatic carbocycles. The molecule has 0 atom stereocenters. The van der Waals surface area contributed by atoms with Crippen molar-refractivity contribution in [3.05, 3.63) is 51.8 Å². The molecule has 0 radical (unpaired) electrons. The van der Waals surface area contributed by atoms with Crippen LogP contribution in [0, 0.1) is 0 Å². The van der Waals surface area contributed by atoms with Crippen LogP contribution in [0.2, 0.25) is 5.02 Å². The maximum absolute atomic E-state index is 12.3. The lowest BCUT2D eigenvalue weighted by Crippen LogP contribution is -2.09. The third kappa shape index (κ3) is 1.90. The molecule has 3 aromatic rings. The Hall–Kier alpha value is -2.66. The number of fused-ring (bicyclic) bond motifs is 2. The van der Waals surface area contributed by atoms with Crippen molar-refractivity contribution in [3.8, 4) is 28.4 Å². The van der Waals surface area contributed by atoms with Gasteiger partial charge in [0.05, 0.1) is 11.1 Å². The molecule has 0 fully saturated rings. The first-order valence-electron chi connectivity index (χ1n) is 6.58. The van der Waals surface area contributed by atoms with Crippen LogP contribution < -0.4 is 15.0 Å². The summed E-state index contributed by atoms with van der Waals surface area (Å²) >= 11 is 5.91. The van der Waals surface area contributed by atoms with E-state index in [1.165, 1.54) is 0 Å². The number of aromatic nitrogens is 1. The molecule has 0 amide bonds. The lowest BCUT2D eigenvalue weighted by Gasteiger charge is -2.08. The highest BCUT2D eigenvalue weighted by molar-refractivity contribution is 6.31. The molecule has 0 unspecified atom stereocenters. The van der Waals surface area contributed by atoms with Crippen molar-refractivity contribution in [2.75, 3.05) is 6.79 Å². The summed E-state index contributed by atoms with van der Waals surface area (Å²) in [5.74, 6) is 1.08. The van der Waals surface area contributed by atoms with Gasteiger partial charge in [0.1, 0.15) is 5.75 Å². The molecule has 1 aromatic heterocycles. The third-order valence-electron chi connectivity index (χ3n) is 3.61. The molecule has 1 aliphatic rings. The Morgan fingerprint density at radius 3 is 2.77 bits per heavy atom. The van der Waals surface area contributed by atoms with E-state index >= 15 is 0 Å². The van der Waals surface area contributed by atoms with E-state index in [0.717, 1.165) is 0 Å². The first-order valence-corrected chi connectivity index (χ1v) is 6.96. The zero-order valence-corrected chi connectivity index (χ0v) is 12.0.